The molecule has 2 heterocycles. The molecule has 1 aromatic carbocycles. The van der Waals surface area contributed by atoms with Crippen LogP contribution in [0.5, 0.6) is 0 Å². The minimum Gasteiger partial charge on any atom is -0.481 e. The van der Waals surface area contributed by atoms with E-state index in [4.69, 9.17) is 0 Å². The van der Waals surface area contributed by atoms with E-state index >= 15 is 0 Å². The number of carbonyl (C=O) groups is 2. The van der Waals surface area contributed by atoms with Crippen molar-refractivity contribution in [3.05, 3.63) is 52.3 Å². The lowest BCUT2D eigenvalue weighted by Gasteiger charge is -2.34. The molecule has 0 radical (unpaired) electrons. The van der Waals surface area contributed by atoms with Gasteiger partial charge in [-0.2, -0.15) is 5.10 Å². The average Bonchev–Trinajstić information content (AvgIpc) is 3.11. The molecule has 2 aromatic rings. The third kappa shape index (κ3) is 3.41. The molecule has 9 heteroatoms. The van der Waals surface area contributed by atoms with Gasteiger partial charge in [0.2, 0.25) is 0 Å². The summed E-state index contributed by atoms with van der Waals surface area (Å²) in [6.45, 7) is 2.54. The monoisotopic (exact) mass is 358 g/mol. The van der Waals surface area contributed by atoms with Gasteiger partial charge in [-0.15, -0.1) is 0 Å². The fraction of sp³-hybridized carbons (Fsp3) is 0.353. The van der Waals surface area contributed by atoms with Gasteiger partial charge in [0.1, 0.15) is 0 Å². The second-order valence-corrected chi connectivity index (χ2v) is 6.38. The first-order valence-electron chi connectivity index (χ1n) is 8.19. The van der Waals surface area contributed by atoms with Gasteiger partial charge in [-0.05, 0) is 24.5 Å². The first-order valence-corrected chi connectivity index (χ1v) is 8.19. The normalized spacial score (nSPS) is 20.0. The number of nitro benzene ring substituents is 1. The Morgan fingerprint density at radius 3 is 2.77 bits per heavy atom. The van der Waals surface area contributed by atoms with Crippen molar-refractivity contribution < 1.29 is 19.6 Å². The zero-order valence-corrected chi connectivity index (χ0v) is 14.1. The molecule has 26 heavy (non-hydrogen) atoms. The molecule has 1 amide bonds. The predicted octanol–water partition coefficient (Wildman–Crippen LogP) is 1.96. The van der Waals surface area contributed by atoms with Crippen LogP contribution in [0.15, 0.2) is 36.5 Å². The number of nitrogens with zero attached hydrogens (tertiary/aromatic N) is 4. The zero-order chi connectivity index (χ0) is 18.8. The van der Waals surface area contributed by atoms with E-state index in [2.05, 4.69) is 5.10 Å². The molecule has 1 aromatic heterocycles. The Kier molecular flexibility index (Phi) is 4.70. The van der Waals surface area contributed by atoms with Crippen LogP contribution in [0.25, 0.3) is 5.69 Å². The quantitative estimate of drug-likeness (QED) is 0.659. The van der Waals surface area contributed by atoms with Gasteiger partial charge < -0.3 is 10.0 Å². The number of aliphatic carboxylic acids is 1. The first-order chi connectivity index (χ1) is 12.4. The van der Waals surface area contributed by atoms with Crippen LogP contribution >= 0.6 is 0 Å². The van der Waals surface area contributed by atoms with Gasteiger partial charge in [0.25, 0.3) is 11.6 Å². The molecule has 136 valence electrons. The highest BCUT2D eigenvalue weighted by Crippen LogP contribution is 2.24. The molecule has 1 N–H and O–H groups in total. The highest BCUT2D eigenvalue weighted by Gasteiger charge is 2.33. The summed E-state index contributed by atoms with van der Waals surface area (Å²) in [7, 11) is 0. The number of amides is 1. The number of hydrogen-bond acceptors (Lipinski definition) is 5. The van der Waals surface area contributed by atoms with E-state index in [9.17, 15) is 24.8 Å². The van der Waals surface area contributed by atoms with E-state index in [0.29, 0.717) is 25.2 Å². The van der Waals surface area contributed by atoms with Crippen LogP contribution in [-0.4, -0.2) is 49.7 Å². The van der Waals surface area contributed by atoms with Crippen molar-refractivity contribution in [3.8, 4) is 5.69 Å². The lowest BCUT2D eigenvalue weighted by atomic mass is 9.87. The van der Waals surface area contributed by atoms with Crippen LogP contribution in [0.4, 0.5) is 5.69 Å². The van der Waals surface area contributed by atoms with Crippen LogP contribution in [-0.2, 0) is 4.79 Å². The Morgan fingerprint density at radius 2 is 2.12 bits per heavy atom. The molecule has 0 bridgehead atoms. The van der Waals surface area contributed by atoms with Gasteiger partial charge in [-0.3, -0.25) is 19.7 Å². The van der Waals surface area contributed by atoms with Gasteiger partial charge >= 0.3 is 5.97 Å². The lowest BCUT2D eigenvalue weighted by Crippen LogP contribution is -2.45. The zero-order valence-electron chi connectivity index (χ0n) is 14.1. The maximum absolute atomic E-state index is 12.6. The minimum atomic E-state index is -0.834. The van der Waals surface area contributed by atoms with Gasteiger partial charge in [0.15, 0.2) is 5.69 Å². The van der Waals surface area contributed by atoms with Crippen molar-refractivity contribution in [2.45, 2.75) is 13.3 Å². The average molecular weight is 358 g/mol. The van der Waals surface area contributed by atoms with E-state index in [0.717, 1.165) is 0 Å². The largest absolute Gasteiger partial charge is 0.481 e. The molecule has 0 aliphatic carbocycles. The molecule has 1 fully saturated rings. The lowest BCUT2D eigenvalue weighted by molar-refractivity contribution is -0.384. The molecule has 1 aliphatic rings. The predicted molar refractivity (Wildman–Crippen MR) is 91.0 cm³/mol. The molecule has 1 saturated heterocycles. The number of likely N-dealkylation sites (tertiary alicyclic amines) is 1. The molecular formula is C17H18N4O5. The molecule has 1 aliphatic heterocycles. The highest BCUT2D eigenvalue weighted by molar-refractivity contribution is 5.92. The standard InChI is InChI=1S/C17H18N4O5/c1-11-10-19(7-5-14(11)17(23)24)16(22)15-6-8-20(18-15)12-3-2-4-13(9-12)21(25)26/h2-4,6,8-9,11,14H,5,7,10H2,1H3,(H,23,24). The second-order valence-electron chi connectivity index (χ2n) is 6.38. The van der Waals surface area contributed by atoms with E-state index in [-0.39, 0.29) is 23.2 Å². The minimum absolute atomic E-state index is 0.0598. The molecule has 0 spiro atoms. The first kappa shape index (κ1) is 17.6. The van der Waals surface area contributed by atoms with Crippen LogP contribution in [0.3, 0.4) is 0 Å². The Labute approximate surface area is 149 Å². The number of non-ortho nitro benzene ring substituents is 1. The van der Waals surface area contributed by atoms with Crippen LogP contribution in [0.2, 0.25) is 0 Å². The third-order valence-corrected chi connectivity index (χ3v) is 4.62. The van der Waals surface area contributed by atoms with Crippen molar-refractivity contribution in [2.75, 3.05) is 13.1 Å². The van der Waals surface area contributed by atoms with E-state index in [1.807, 2.05) is 6.92 Å². The van der Waals surface area contributed by atoms with Crippen molar-refractivity contribution in [2.24, 2.45) is 11.8 Å². The molecule has 9 nitrogen and oxygen atoms in total. The SMILES string of the molecule is CC1CN(C(=O)c2ccn(-c3cccc([N+](=O)[O-])c3)n2)CCC1C(=O)O. The van der Waals surface area contributed by atoms with Crippen LogP contribution in [0, 0.1) is 22.0 Å². The molecular weight excluding hydrogens is 340 g/mol. The van der Waals surface area contributed by atoms with E-state index < -0.39 is 16.8 Å². The summed E-state index contributed by atoms with van der Waals surface area (Å²) in [4.78, 5) is 35.8. The maximum Gasteiger partial charge on any atom is 0.306 e. The van der Waals surface area contributed by atoms with Crippen molar-refractivity contribution in [1.82, 2.24) is 14.7 Å². The maximum atomic E-state index is 12.6. The Balaban J connectivity index is 1.76. The summed E-state index contributed by atoms with van der Waals surface area (Å²) >= 11 is 0. The number of rotatable bonds is 4. The van der Waals surface area contributed by atoms with Crippen molar-refractivity contribution >= 4 is 17.6 Å². The van der Waals surface area contributed by atoms with Gasteiger partial charge in [0, 0.05) is 31.4 Å². The molecule has 0 saturated carbocycles. The molecule has 2 atom stereocenters. The summed E-state index contributed by atoms with van der Waals surface area (Å²) < 4.78 is 1.41. The number of benzene rings is 1. The summed E-state index contributed by atoms with van der Waals surface area (Å²) in [5, 5.41) is 24.3. The number of carboxylic acid groups (broad SMARTS) is 1. The van der Waals surface area contributed by atoms with Gasteiger partial charge in [-0.1, -0.05) is 13.0 Å². The Bertz CT molecular complexity index is 862. The number of carbonyl (C=O) groups excluding carboxylic acids is 1. The fourth-order valence-electron chi connectivity index (χ4n) is 3.19. The van der Waals surface area contributed by atoms with E-state index in [1.165, 1.54) is 16.8 Å². The Hall–Kier alpha value is -3.23. The summed E-state index contributed by atoms with van der Waals surface area (Å²) in [6.07, 6.45) is 1.98. The summed E-state index contributed by atoms with van der Waals surface area (Å²) in [5.74, 6) is -1.69. The van der Waals surface area contributed by atoms with Crippen LogP contribution in [0.1, 0.15) is 23.8 Å². The topological polar surface area (TPSA) is 119 Å². The second kappa shape index (κ2) is 6.95. The van der Waals surface area contributed by atoms with Crippen LogP contribution < -0.4 is 0 Å². The van der Waals surface area contributed by atoms with Gasteiger partial charge in [0.05, 0.1) is 16.5 Å². The third-order valence-electron chi connectivity index (χ3n) is 4.62. The number of piperidine rings is 1. The van der Waals surface area contributed by atoms with E-state index in [1.54, 1.807) is 29.3 Å². The molecule has 3 rings (SSSR count). The smallest absolute Gasteiger partial charge is 0.306 e. The number of nitro groups is 1. The Morgan fingerprint density at radius 1 is 1.35 bits per heavy atom. The number of hydrogen-bond donors (Lipinski definition) is 1. The molecule has 2 unspecified atom stereocenters. The highest BCUT2D eigenvalue weighted by atomic mass is 16.6. The number of carboxylic acids is 1. The van der Waals surface area contributed by atoms with Crippen molar-refractivity contribution in [1.29, 1.82) is 0 Å². The van der Waals surface area contributed by atoms with Crippen molar-refractivity contribution in [3.63, 3.8) is 0 Å². The van der Waals surface area contributed by atoms with Gasteiger partial charge in [-0.25, -0.2) is 4.68 Å². The fourth-order valence-corrected chi connectivity index (χ4v) is 3.19. The number of aromatic nitrogens is 2. The summed E-state index contributed by atoms with van der Waals surface area (Å²) in [6, 6.07) is 7.52. The summed E-state index contributed by atoms with van der Waals surface area (Å²) in [5.41, 5.74) is 0.643.